The Hall–Kier alpha value is -3.34. The fourth-order valence-corrected chi connectivity index (χ4v) is 15.2. The first-order chi connectivity index (χ1) is 20.3. The summed E-state index contributed by atoms with van der Waals surface area (Å²) in [6.07, 6.45) is 3.37. The molecule has 0 spiro atoms. The van der Waals surface area contributed by atoms with Gasteiger partial charge in [-0.05, 0) is 72.8 Å². The highest BCUT2D eigenvalue weighted by Gasteiger charge is 2.49. The van der Waals surface area contributed by atoms with Gasteiger partial charge in [-0.1, -0.05) is 109 Å². The second kappa shape index (κ2) is 14.2. The monoisotopic (exact) mass is 645 g/mol. The fourth-order valence-electron chi connectivity index (χ4n) is 6.31. The van der Waals surface area contributed by atoms with Crippen molar-refractivity contribution in [3.8, 4) is 0 Å². The molecule has 0 heterocycles. The third-order valence-corrected chi connectivity index (χ3v) is 17.2. The van der Waals surface area contributed by atoms with Crippen LogP contribution in [0, 0.1) is 0 Å². The minimum atomic E-state index is -1.90. The van der Waals surface area contributed by atoms with E-state index in [-0.39, 0.29) is 17.0 Å². The molecular formula is C39H36BrP2+. The largest absolute Gasteiger partial charge is 1.00 e. The fraction of sp³-hybridized carbons (Fsp3) is 0.0769. The molecule has 0 nitrogen and oxygen atoms in total. The summed E-state index contributed by atoms with van der Waals surface area (Å²) >= 11 is 0. The second-order valence-corrected chi connectivity index (χ2v) is 17.7. The molecule has 0 atom stereocenters. The van der Waals surface area contributed by atoms with Crippen molar-refractivity contribution in [2.24, 2.45) is 0 Å². The van der Waals surface area contributed by atoms with Crippen molar-refractivity contribution in [2.75, 3.05) is 12.3 Å². The highest BCUT2D eigenvalue weighted by Crippen LogP contribution is 2.60. The van der Waals surface area contributed by atoms with Gasteiger partial charge in [-0.25, -0.2) is 0 Å². The van der Waals surface area contributed by atoms with Crippen LogP contribution in [0.25, 0.3) is 0 Å². The molecule has 6 rings (SSSR count). The Bertz CT molecular complexity index is 1310. The summed E-state index contributed by atoms with van der Waals surface area (Å²) < 4.78 is 0. The summed E-state index contributed by atoms with van der Waals surface area (Å²) in [5.74, 6) is 0. The Kier molecular flexibility index (Phi) is 10.2. The molecule has 6 aromatic rings. The molecule has 0 amide bonds. The zero-order valence-electron chi connectivity index (χ0n) is 23.7. The molecule has 0 N–H and O–H groups in total. The number of benzene rings is 6. The average Bonchev–Trinajstić information content (AvgIpc) is 3.08. The van der Waals surface area contributed by atoms with Crippen molar-refractivity contribution in [3.05, 3.63) is 182 Å². The van der Waals surface area contributed by atoms with Gasteiger partial charge >= 0.3 is 0 Å². The smallest absolute Gasteiger partial charge is 0.112 e. The van der Waals surface area contributed by atoms with Crippen molar-refractivity contribution in [1.29, 1.82) is 0 Å². The van der Waals surface area contributed by atoms with Crippen molar-refractivity contribution in [2.45, 2.75) is 6.42 Å². The summed E-state index contributed by atoms with van der Waals surface area (Å²) in [5, 5.41) is 8.75. The third-order valence-electron chi connectivity index (χ3n) is 8.17. The van der Waals surface area contributed by atoms with Crippen molar-refractivity contribution in [1.82, 2.24) is 0 Å². The zero-order chi connectivity index (χ0) is 27.8. The van der Waals surface area contributed by atoms with Gasteiger partial charge in [0.1, 0.15) is 46.4 Å². The van der Waals surface area contributed by atoms with E-state index in [4.69, 9.17) is 0 Å². The lowest BCUT2D eigenvalue weighted by Gasteiger charge is -2.30. The zero-order valence-corrected chi connectivity index (χ0v) is 27.1. The summed E-state index contributed by atoms with van der Waals surface area (Å²) in [4.78, 5) is 0. The minimum absolute atomic E-state index is 0. The minimum Gasteiger partial charge on any atom is -1.00 e. The van der Waals surface area contributed by atoms with Gasteiger partial charge in [-0.2, -0.15) is 0 Å². The van der Waals surface area contributed by atoms with Crippen LogP contribution in [0.5, 0.6) is 0 Å². The maximum atomic E-state index is 2.36. The first kappa shape index (κ1) is 30.1. The summed E-state index contributed by atoms with van der Waals surface area (Å²) in [6.45, 7) is 0. The lowest BCUT2D eigenvalue weighted by atomic mass is 10.3. The van der Waals surface area contributed by atoms with Crippen LogP contribution in [0.1, 0.15) is 6.42 Å². The molecule has 0 aliphatic carbocycles. The molecule has 0 aliphatic rings. The standard InChI is InChI=1S/C39H36P2.BrH/c1-7-20-34(21-8-1)40(35-22-9-2-10-23-35,36-24-11-3-12-25-36)32-19-33-41(37-26-13-4-14-27-37,38-28-15-5-16-29-38)39-30-17-6-18-31-39;/h1-18,20-31H,19,32-33H2;1H/q+2;/p-1. The van der Waals surface area contributed by atoms with Crippen LogP contribution in [0.15, 0.2) is 182 Å². The lowest BCUT2D eigenvalue weighted by Crippen LogP contribution is -3.00. The molecule has 0 aliphatic heterocycles. The first-order valence-corrected chi connectivity index (χ1v) is 18.4. The van der Waals surface area contributed by atoms with Gasteiger partial charge < -0.3 is 17.0 Å². The predicted molar refractivity (Wildman–Crippen MR) is 185 cm³/mol. The topological polar surface area (TPSA) is 0 Å². The predicted octanol–water partition coefficient (Wildman–Crippen LogP) is 4.37. The van der Waals surface area contributed by atoms with E-state index in [0.29, 0.717) is 0 Å². The number of hydrogen-bond donors (Lipinski definition) is 0. The molecule has 0 radical (unpaired) electrons. The molecule has 3 heteroatoms. The van der Waals surface area contributed by atoms with Crippen LogP contribution in [0.4, 0.5) is 0 Å². The Morgan fingerprint density at radius 1 is 0.262 bits per heavy atom. The first-order valence-electron chi connectivity index (χ1n) is 14.4. The van der Waals surface area contributed by atoms with E-state index in [0.717, 1.165) is 18.7 Å². The molecule has 0 fully saturated rings. The molecule has 0 unspecified atom stereocenters. The van der Waals surface area contributed by atoms with Crippen LogP contribution in [-0.2, 0) is 0 Å². The van der Waals surface area contributed by atoms with Gasteiger partial charge in [0, 0.05) is 6.42 Å². The molecule has 0 bridgehead atoms. The van der Waals surface area contributed by atoms with E-state index >= 15 is 0 Å². The van der Waals surface area contributed by atoms with Crippen LogP contribution >= 0.6 is 14.5 Å². The molecule has 208 valence electrons. The molecule has 42 heavy (non-hydrogen) atoms. The van der Waals surface area contributed by atoms with Crippen molar-refractivity contribution < 1.29 is 17.0 Å². The van der Waals surface area contributed by atoms with Gasteiger partial charge in [-0.3, -0.25) is 0 Å². The third kappa shape index (κ3) is 5.93. The van der Waals surface area contributed by atoms with Crippen LogP contribution < -0.4 is 48.8 Å². The van der Waals surface area contributed by atoms with E-state index < -0.39 is 14.5 Å². The molecule has 0 saturated heterocycles. The normalized spacial score (nSPS) is 11.4. The molecule has 6 aromatic carbocycles. The van der Waals surface area contributed by atoms with E-state index in [2.05, 4.69) is 182 Å². The summed E-state index contributed by atoms with van der Waals surface area (Å²) in [7, 11) is -3.79. The van der Waals surface area contributed by atoms with Crippen LogP contribution in [0.2, 0.25) is 0 Å². The van der Waals surface area contributed by atoms with Gasteiger partial charge in [0.2, 0.25) is 0 Å². The number of rotatable bonds is 10. The number of hydrogen-bond acceptors (Lipinski definition) is 0. The SMILES string of the molecule is [Br-].c1ccc([P+](CCC[P+](c2ccccc2)(c2ccccc2)c2ccccc2)(c2ccccc2)c2ccccc2)cc1. The van der Waals surface area contributed by atoms with Crippen LogP contribution in [0.3, 0.4) is 0 Å². The average molecular weight is 647 g/mol. The Morgan fingerprint density at radius 2 is 0.429 bits per heavy atom. The Balaban J connectivity index is 0.00000353. The van der Waals surface area contributed by atoms with Gasteiger partial charge in [0.15, 0.2) is 0 Å². The molecule has 0 saturated carbocycles. The van der Waals surface area contributed by atoms with Gasteiger partial charge in [-0.15, -0.1) is 0 Å². The van der Waals surface area contributed by atoms with E-state index in [1.807, 2.05) is 0 Å². The Labute approximate surface area is 262 Å². The molecule has 0 aromatic heterocycles. The van der Waals surface area contributed by atoms with E-state index in [1.54, 1.807) is 0 Å². The second-order valence-electron chi connectivity index (χ2n) is 10.4. The quantitative estimate of drug-likeness (QED) is 0.194. The maximum Gasteiger partial charge on any atom is 0.112 e. The summed E-state index contributed by atoms with van der Waals surface area (Å²) in [6, 6.07) is 67.8. The summed E-state index contributed by atoms with van der Waals surface area (Å²) in [5.41, 5.74) is 0. The van der Waals surface area contributed by atoms with Crippen LogP contribution in [-0.4, -0.2) is 12.3 Å². The van der Waals surface area contributed by atoms with Gasteiger partial charge in [0.25, 0.3) is 0 Å². The van der Waals surface area contributed by atoms with Crippen molar-refractivity contribution in [3.63, 3.8) is 0 Å². The Morgan fingerprint density at radius 3 is 0.595 bits per heavy atom. The highest BCUT2D eigenvalue weighted by atomic mass is 79.9. The van der Waals surface area contributed by atoms with Gasteiger partial charge in [0.05, 0.1) is 12.3 Å². The van der Waals surface area contributed by atoms with Crippen molar-refractivity contribution >= 4 is 46.4 Å². The van der Waals surface area contributed by atoms with E-state index in [9.17, 15) is 0 Å². The lowest BCUT2D eigenvalue weighted by molar-refractivity contribution is -0.00000782. The maximum absolute atomic E-state index is 2.36. The van der Waals surface area contributed by atoms with E-state index in [1.165, 1.54) is 31.8 Å². The highest BCUT2D eigenvalue weighted by molar-refractivity contribution is 7.96. The number of halogens is 1. The molecular weight excluding hydrogens is 610 g/mol.